The lowest BCUT2D eigenvalue weighted by molar-refractivity contribution is -0.137. The van der Waals surface area contributed by atoms with Gasteiger partial charge in [0.25, 0.3) is 0 Å². The van der Waals surface area contributed by atoms with Gasteiger partial charge in [0.15, 0.2) is 9.84 Å². The quantitative estimate of drug-likeness (QED) is 0.898. The van der Waals surface area contributed by atoms with Crippen LogP contribution in [0, 0.1) is 0 Å². The Kier molecular flexibility index (Phi) is 4.00. The Labute approximate surface area is 102 Å². The first-order valence-corrected chi connectivity index (χ1v) is 6.57. The van der Waals surface area contributed by atoms with Crippen LogP contribution in [0.5, 0.6) is 0 Å². The van der Waals surface area contributed by atoms with E-state index in [1.165, 1.54) is 6.07 Å². The minimum absolute atomic E-state index is 0.0360. The first-order valence-electron chi connectivity index (χ1n) is 4.75. The number of sulfone groups is 1. The van der Waals surface area contributed by atoms with E-state index in [0.29, 0.717) is 0 Å². The monoisotopic (exact) mass is 281 g/mol. The van der Waals surface area contributed by atoms with E-state index in [4.69, 9.17) is 5.73 Å². The molecule has 18 heavy (non-hydrogen) atoms. The molecule has 0 atom stereocenters. The molecule has 0 saturated heterocycles. The fraction of sp³-hybridized carbons (Fsp3) is 0.300. The van der Waals surface area contributed by atoms with Gasteiger partial charge in [-0.15, -0.1) is 0 Å². The summed E-state index contributed by atoms with van der Waals surface area (Å²) in [4.78, 5) is 10.5. The van der Waals surface area contributed by atoms with Crippen molar-refractivity contribution in [2.45, 2.75) is 11.9 Å². The summed E-state index contributed by atoms with van der Waals surface area (Å²) in [6.07, 6.45) is -4.54. The molecule has 0 bridgehead atoms. The van der Waals surface area contributed by atoms with E-state index in [-0.39, 0.29) is 5.56 Å². The number of carbonyl (C=O) groups excluding carboxylic acids is 1. The second kappa shape index (κ2) is 4.97. The topological polar surface area (TPSA) is 77.2 Å². The molecule has 1 rings (SSSR count). The van der Waals surface area contributed by atoms with Gasteiger partial charge in [0.1, 0.15) is 5.75 Å². The van der Waals surface area contributed by atoms with Gasteiger partial charge in [0.05, 0.1) is 11.3 Å². The van der Waals surface area contributed by atoms with E-state index in [9.17, 15) is 26.4 Å². The minimum atomic E-state index is -4.54. The van der Waals surface area contributed by atoms with Crippen LogP contribution in [0.25, 0.3) is 0 Å². The first-order chi connectivity index (χ1) is 8.10. The van der Waals surface area contributed by atoms with Gasteiger partial charge in [-0.05, 0) is 11.6 Å². The number of halogens is 3. The van der Waals surface area contributed by atoms with E-state index in [1.807, 2.05) is 0 Å². The second-order valence-corrected chi connectivity index (χ2v) is 5.76. The van der Waals surface area contributed by atoms with Crippen molar-refractivity contribution in [3.63, 3.8) is 0 Å². The third-order valence-electron chi connectivity index (χ3n) is 2.00. The lowest BCUT2D eigenvalue weighted by atomic mass is 10.1. The predicted molar refractivity (Wildman–Crippen MR) is 58.1 cm³/mol. The number of benzene rings is 1. The molecular weight excluding hydrogens is 271 g/mol. The van der Waals surface area contributed by atoms with Crippen LogP contribution in [0.15, 0.2) is 24.3 Å². The van der Waals surface area contributed by atoms with Crippen molar-refractivity contribution in [1.82, 2.24) is 0 Å². The molecule has 0 heterocycles. The molecule has 2 N–H and O–H groups in total. The van der Waals surface area contributed by atoms with Crippen LogP contribution in [0.1, 0.15) is 11.1 Å². The highest BCUT2D eigenvalue weighted by molar-refractivity contribution is 7.91. The zero-order valence-electron chi connectivity index (χ0n) is 9.07. The highest BCUT2D eigenvalue weighted by Crippen LogP contribution is 2.29. The summed E-state index contributed by atoms with van der Waals surface area (Å²) in [5.41, 5.74) is 3.76. The second-order valence-electron chi connectivity index (χ2n) is 3.70. The Bertz CT molecular complexity index is 552. The zero-order valence-corrected chi connectivity index (χ0v) is 9.88. The number of primary amides is 1. The van der Waals surface area contributed by atoms with Crippen molar-refractivity contribution < 1.29 is 26.4 Å². The number of rotatable bonds is 4. The van der Waals surface area contributed by atoms with Crippen LogP contribution in [-0.2, 0) is 26.6 Å². The van der Waals surface area contributed by atoms with E-state index in [2.05, 4.69) is 0 Å². The molecule has 8 heteroatoms. The van der Waals surface area contributed by atoms with Crippen molar-refractivity contribution in [2.24, 2.45) is 5.73 Å². The van der Waals surface area contributed by atoms with Crippen molar-refractivity contribution in [2.75, 3.05) is 5.75 Å². The maximum Gasteiger partial charge on any atom is 0.416 e. The molecule has 4 nitrogen and oxygen atoms in total. The fourth-order valence-corrected chi connectivity index (χ4v) is 2.58. The molecule has 1 aromatic rings. The average Bonchev–Trinajstić information content (AvgIpc) is 2.13. The Morgan fingerprint density at radius 1 is 1.28 bits per heavy atom. The fourth-order valence-electron chi connectivity index (χ4n) is 1.36. The Hall–Kier alpha value is -1.57. The van der Waals surface area contributed by atoms with Crippen LogP contribution >= 0.6 is 0 Å². The van der Waals surface area contributed by atoms with Gasteiger partial charge in [-0.25, -0.2) is 8.42 Å². The number of carbonyl (C=O) groups is 1. The summed E-state index contributed by atoms with van der Waals surface area (Å²) in [5, 5.41) is 0. The lowest BCUT2D eigenvalue weighted by Crippen LogP contribution is -2.24. The van der Waals surface area contributed by atoms with Crippen molar-refractivity contribution in [3.05, 3.63) is 35.4 Å². The first kappa shape index (κ1) is 14.5. The smallest absolute Gasteiger partial charge is 0.369 e. The Morgan fingerprint density at radius 2 is 1.89 bits per heavy atom. The molecule has 0 saturated carbocycles. The van der Waals surface area contributed by atoms with Crippen LogP contribution in [-0.4, -0.2) is 20.1 Å². The Morgan fingerprint density at radius 3 is 2.39 bits per heavy atom. The van der Waals surface area contributed by atoms with Gasteiger partial charge < -0.3 is 5.73 Å². The van der Waals surface area contributed by atoms with Gasteiger partial charge in [0, 0.05) is 0 Å². The van der Waals surface area contributed by atoms with Gasteiger partial charge in [-0.2, -0.15) is 13.2 Å². The maximum absolute atomic E-state index is 12.4. The summed E-state index contributed by atoms with van der Waals surface area (Å²) < 4.78 is 59.9. The number of alkyl halides is 3. The van der Waals surface area contributed by atoms with E-state index in [1.54, 1.807) is 0 Å². The number of amides is 1. The molecule has 0 aliphatic carbocycles. The minimum Gasteiger partial charge on any atom is -0.369 e. The molecule has 0 aliphatic heterocycles. The average molecular weight is 281 g/mol. The largest absolute Gasteiger partial charge is 0.416 e. The molecular formula is C10H10F3NO3S. The van der Waals surface area contributed by atoms with Gasteiger partial charge in [0.2, 0.25) is 5.91 Å². The van der Waals surface area contributed by atoms with Crippen molar-refractivity contribution in [3.8, 4) is 0 Å². The highest BCUT2D eigenvalue weighted by atomic mass is 32.2. The molecule has 1 amide bonds. The van der Waals surface area contributed by atoms with Crippen LogP contribution in [0.3, 0.4) is 0 Å². The number of hydrogen-bond acceptors (Lipinski definition) is 3. The number of nitrogens with two attached hydrogens (primary N) is 1. The van der Waals surface area contributed by atoms with Gasteiger partial charge in [-0.1, -0.05) is 18.2 Å². The molecule has 0 fully saturated rings. The van der Waals surface area contributed by atoms with Crippen LogP contribution < -0.4 is 5.73 Å². The molecule has 0 radical (unpaired) electrons. The summed E-state index contributed by atoms with van der Waals surface area (Å²) in [6, 6.07) is 3.93. The highest BCUT2D eigenvalue weighted by Gasteiger charge is 2.30. The number of hydrogen-bond donors (Lipinski definition) is 1. The standard InChI is InChI=1S/C10H10F3NO3S/c11-10(12,13)8-3-1-2-7(4-8)5-18(16,17)6-9(14)15/h1-4H,5-6H2,(H2,14,15). The maximum atomic E-state index is 12.4. The molecule has 0 aliphatic rings. The van der Waals surface area contributed by atoms with Gasteiger partial charge >= 0.3 is 6.18 Å². The van der Waals surface area contributed by atoms with E-state index in [0.717, 1.165) is 18.2 Å². The van der Waals surface area contributed by atoms with Crippen molar-refractivity contribution in [1.29, 1.82) is 0 Å². The van der Waals surface area contributed by atoms with E-state index < -0.39 is 39.0 Å². The predicted octanol–water partition coefficient (Wildman–Crippen LogP) is 1.11. The summed E-state index contributed by atoms with van der Waals surface area (Å²) in [5.74, 6) is -2.58. The third-order valence-corrected chi connectivity index (χ3v) is 3.50. The molecule has 0 aromatic heterocycles. The summed E-state index contributed by atoms with van der Waals surface area (Å²) in [6.45, 7) is 0. The van der Waals surface area contributed by atoms with Crippen molar-refractivity contribution >= 4 is 15.7 Å². The molecule has 1 aromatic carbocycles. The third kappa shape index (κ3) is 4.36. The SMILES string of the molecule is NC(=O)CS(=O)(=O)Cc1cccc(C(F)(F)F)c1. The zero-order chi connectivity index (χ0) is 14.0. The normalized spacial score (nSPS) is 12.4. The van der Waals surface area contributed by atoms with Crippen LogP contribution in [0.2, 0.25) is 0 Å². The molecule has 100 valence electrons. The summed E-state index contributed by atoms with van der Waals surface area (Å²) in [7, 11) is -3.84. The lowest BCUT2D eigenvalue weighted by Gasteiger charge is -2.08. The molecule has 0 unspecified atom stereocenters. The van der Waals surface area contributed by atoms with Crippen LogP contribution in [0.4, 0.5) is 13.2 Å². The summed E-state index contributed by atoms with van der Waals surface area (Å²) >= 11 is 0. The molecule has 0 spiro atoms. The van der Waals surface area contributed by atoms with E-state index >= 15 is 0 Å². The van der Waals surface area contributed by atoms with Gasteiger partial charge in [-0.3, -0.25) is 4.79 Å². The Balaban J connectivity index is 2.96.